The summed E-state index contributed by atoms with van der Waals surface area (Å²) in [7, 11) is -3.07. The molecule has 0 bridgehead atoms. The second kappa shape index (κ2) is 9.80. The number of carbonyl (C=O) groups excluding carboxylic acids is 1. The highest BCUT2D eigenvalue weighted by Crippen LogP contribution is 2.47. The summed E-state index contributed by atoms with van der Waals surface area (Å²) in [5, 5.41) is -0.572. The summed E-state index contributed by atoms with van der Waals surface area (Å²) in [6, 6.07) is 6.71. The van der Waals surface area contributed by atoms with E-state index in [1.807, 2.05) is 0 Å². The van der Waals surface area contributed by atoms with Gasteiger partial charge in [-0.1, -0.05) is 24.3 Å². The third kappa shape index (κ3) is 6.32. The third-order valence-electron chi connectivity index (χ3n) is 2.58. The number of para-hydroxylation sites is 1. The van der Waals surface area contributed by atoms with Crippen LogP contribution >= 0.6 is 19.2 Å². The van der Waals surface area contributed by atoms with Crippen molar-refractivity contribution in [2.45, 2.75) is 13.8 Å². The topological polar surface area (TPSA) is 61.8 Å². The minimum absolute atomic E-state index is 0.175. The van der Waals surface area contributed by atoms with E-state index in [1.54, 1.807) is 50.3 Å². The maximum atomic E-state index is 12.2. The lowest BCUT2D eigenvalue weighted by atomic mass is 10.2. The molecular weight excluding hydrogens is 327 g/mol. The fourth-order valence-electron chi connectivity index (χ4n) is 1.70. The fourth-order valence-corrected chi connectivity index (χ4v) is 3.34. The van der Waals surface area contributed by atoms with E-state index in [2.05, 4.69) is 0 Å². The Morgan fingerprint density at radius 2 is 1.82 bits per heavy atom. The maximum absolute atomic E-state index is 12.2. The molecule has 0 aliphatic rings. The van der Waals surface area contributed by atoms with Crippen molar-refractivity contribution in [3.05, 3.63) is 42.0 Å². The number of allylic oxidation sites excluding steroid dienone is 1. The Balaban J connectivity index is 2.53. The zero-order valence-corrected chi connectivity index (χ0v) is 14.3. The van der Waals surface area contributed by atoms with E-state index in [0.717, 1.165) is 0 Å². The molecule has 7 heteroatoms. The molecular formula is C15H20ClO5P. The predicted molar refractivity (Wildman–Crippen MR) is 87.0 cm³/mol. The van der Waals surface area contributed by atoms with Crippen LogP contribution in [-0.4, -0.2) is 31.2 Å². The van der Waals surface area contributed by atoms with Gasteiger partial charge in [0, 0.05) is 0 Å². The molecule has 22 heavy (non-hydrogen) atoms. The Labute approximate surface area is 135 Å². The largest absolute Gasteiger partial charge is 0.489 e. The summed E-state index contributed by atoms with van der Waals surface area (Å²) in [6.07, 6.45) is 3.55. The molecule has 0 aliphatic heterocycles. The van der Waals surface area contributed by atoms with Gasteiger partial charge in [0.25, 0.3) is 5.24 Å². The van der Waals surface area contributed by atoms with Crippen molar-refractivity contribution in [3.63, 3.8) is 0 Å². The average Bonchev–Trinajstić information content (AvgIpc) is 2.47. The van der Waals surface area contributed by atoms with Gasteiger partial charge >= 0.3 is 7.60 Å². The van der Waals surface area contributed by atoms with Crippen LogP contribution in [0.1, 0.15) is 24.2 Å². The lowest BCUT2D eigenvalue weighted by Crippen LogP contribution is -2.01. The number of rotatable bonds is 10. The van der Waals surface area contributed by atoms with E-state index < -0.39 is 12.8 Å². The molecule has 0 N–H and O–H groups in total. The van der Waals surface area contributed by atoms with Crippen LogP contribution in [0.3, 0.4) is 0 Å². The first-order valence-electron chi connectivity index (χ1n) is 6.97. The van der Waals surface area contributed by atoms with E-state index in [4.69, 9.17) is 25.4 Å². The SMILES string of the molecule is CCOP(=O)(CC=CCOc1ccccc1C(=O)Cl)OCC. The minimum Gasteiger partial charge on any atom is -0.489 e. The molecule has 1 aromatic carbocycles. The first-order chi connectivity index (χ1) is 10.5. The summed E-state index contributed by atoms with van der Waals surface area (Å²) in [5.41, 5.74) is 0.312. The molecule has 122 valence electrons. The molecule has 0 aromatic heterocycles. The van der Waals surface area contributed by atoms with Crippen molar-refractivity contribution in [2.75, 3.05) is 26.0 Å². The Hall–Kier alpha value is -1.13. The second-order valence-corrected chi connectivity index (χ2v) is 6.63. The lowest BCUT2D eigenvalue weighted by molar-refractivity contribution is 0.107. The summed E-state index contributed by atoms with van der Waals surface area (Å²) in [5.74, 6) is 0.407. The number of benzene rings is 1. The van der Waals surface area contributed by atoms with Crippen LogP contribution in [0.4, 0.5) is 0 Å². The van der Waals surface area contributed by atoms with Gasteiger partial charge < -0.3 is 13.8 Å². The van der Waals surface area contributed by atoms with Gasteiger partial charge in [0.15, 0.2) is 0 Å². The summed E-state index contributed by atoms with van der Waals surface area (Å²) < 4.78 is 28.0. The van der Waals surface area contributed by atoms with Crippen molar-refractivity contribution >= 4 is 24.4 Å². The van der Waals surface area contributed by atoms with Crippen molar-refractivity contribution in [1.82, 2.24) is 0 Å². The number of ether oxygens (including phenoxy) is 1. The zero-order valence-electron chi connectivity index (χ0n) is 12.7. The highest BCUT2D eigenvalue weighted by molar-refractivity contribution is 7.54. The highest BCUT2D eigenvalue weighted by atomic mass is 35.5. The van der Waals surface area contributed by atoms with Crippen LogP contribution in [0.5, 0.6) is 5.75 Å². The van der Waals surface area contributed by atoms with Gasteiger partial charge in [-0.3, -0.25) is 9.36 Å². The van der Waals surface area contributed by atoms with Gasteiger partial charge in [-0.05, 0) is 37.6 Å². The summed E-state index contributed by atoms with van der Waals surface area (Å²) in [6.45, 7) is 4.40. The van der Waals surface area contributed by atoms with Gasteiger partial charge in [0.1, 0.15) is 12.4 Å². The van der Waals surface area contributed by atoms with Crippen molar-refractivity contribution < 1.29 is 23.1 Å². The number of halogens is 1. The van der Waals surface area contributed by atoms with Crippen LogP contribution in [0.2, 0.25) is 0 Å². The lowest BCUT2D eigenvalue weighted by Gasteiger charge is -2.14. The predicted octanol–water partition coefficient (Wildman–Crippen LogP) is 4.27. The van der Waals surface area contributed by atoms with Gasteiger partial charge in [-0.2, -0.15) is 0 Å². The third-order valence-corrected chi connectivity index (χ3v) is 4.75. The molecule has 1 aromatic rings. The number of hydrogen-bond donors (Lipinski definition) is 0. The first kappa shape index (κ1) is 18.9. The van der Waals surface area contributed by atoms with Crippen LogP contribution < -0.4 is 4.74 Å². The highest BCUT2D eigenvalue weighted by Gasteiger charge is 2.20. The quantitative estimate of drug-likeness (QED) is 0.360. The van der Waals surface area contributed by atoms with Crippen molar-refractivity contribution in [2.24, 2.45) is 0 Å². The maximum Gasteiger partial charge on any atom is 0.334 e. The number of carbonyl (C=O) groups is 1. The molecule has 0 aliphatic carbocycles. The monoisotopic (exact) mass is 346 g/mol. The normalized spacial score (nSPS) is 11.8. The van der Waals surface area contributed by atoms with Gasteiger partial charge in [0.05, 0.1) is 24.9 Å². The number of hydrogen-bond acceptors (Lipinski definition) is 5. The van der Waals surface area contributed by atoms with Crippen LogP contribution in [0, 0.1) is 0 Å². The van der Waals surface area contributed by atoms with E-state index in [-0.39, 0.29) is 12.8 Å². The smallest absolute Gasteiger partial charge is 0.334 e. The molecule has 0 heterocycles. The standard InChI is InChI=1S/C15H20ClO5P/c1-3-20-22(18,21-4-2)12-8-7-11-19-14-10-6-5-9-13(14)15(16)17/h5-10H,3-4,11-12H2,1-2H3. The second-order valence-electron chi connectivity index (χ2n) is 4.18. The average molecular weight is 347 g/mol. The zero-order chi connectivity index (χ0) is 16.4. The van der Waals surface area contributed by atoms with E-state index >= 15 is 0 Å². The van der Waals surface area contributed by atoms with Gasteiger partial charge in [-0.25, -0.2) is 0 Å². The van der Waals surface area contributed by atoms with Crippen LogP contribution in [-0.2, 0) is 13.6 Å². The molecule has 1 rings (SSSR count). The molecule has 0 saturated carbocycles. The van der Waals surface area contributed by atoms with Gasteiger partial charge in [0.2, 0.25) is 0 Å². The molecule has 0 saturated heterocycles. The van der Waals surface area contributed by atoms with Gasteiger partial charge in [-0.15, -0.1) is 0 Å². The van der Waals surface area contributed by atoms with Crippen LogP contribution in [0.25, 0.3) is 0 Å². The molecule has 0 spiro atoms. The first-order valence-corrected chi connectivity index (χ1v) is 9.07. The Bertz CT molecular complexity index is 549. The Morgan fingerprint density at radius 3 is 2.41 bits per heavy atom. The molecule has 5 nitrogen and oxygen atoms in total. The molecule has 0 radical (unpaired) electrons. The van der Waals surface area contributed by atoms with E-state index in [0.29, 0.717) is 24.5 Å². The van der Waals surface area contributed by atoms with Crippen molar-refractivity contribution in [1.29, 1.82) is 0 Å². The summed E-state index contributed by atoms with van der Waals surface area (Å²) >= 11 is 5.47. The Kier molecular flexibility index (Phi) is 8.43. The fraction of sp³-hybridized carbons (Fsp3) is 0.400. The minimum atomic E-state index is -3.07. The van der Waals surface area contributed by atoms with Crippen molar-refractivity contribution in [3.8, 4) is 5.75 Å². The molecule has 0 fully saturated rings. The molecule has 0 amide bonds. The van der Waals surface area contributed by atoms with E-state index in [9.17, 15) is 9.36 Å². The molecule has 0 unspecified atom stereocenters. The Morgan fingerprint density at radius 1 is 1.18 bits per heavy atom. The summed E-state index contributed by atoms with van der Waals surface area (Å²) in [4.78, 5) is 11.2. The molecule has 0 atom stereocenters. The van der Waals surface area contributed by atoms with Crippen LogP contribution in [0.15, 0.2) is 36.4 Å². The van der Waals surface area contributed by atoms with E-state index in [1.165, 1.54) is 0 Å².